The molecular weight excluding hydrogens is 284 g/mol. The molecule has 0 spiro atoms. The van der Waals surface area contributed by atoms with Gasteiger partial charge in [0.25, 0.3) is 5.91 Å². The maximum atomic E-state index is 11.4. The SMILES string of the molecule is NC(=O)c1cccnc1NC1CCC(c2cncs2)CC1. The highest BCUT2D eigenvalue weighted by Crippen LogP contribution is 2.35. The molecule has 2 heterocycles. The summed E-state index contributed by atoms with van der Waals surface area (Å²) in [6.07, 6.45) is 8.07. The Morgan fingerprint density at radius 2 is 2.14 bits per heavy atom. The average Bonchev–Trinajstić information content (AvgIpc) is 3.03. The molecule has 1 amide bonds. The molecule has 1 saturated carbocycles. The summed E-state index contributed by atoms with van der Waals surface area (Å²) in [6, 6.07) is 3.79. The van der Waals surface area contributed by atoms with Crippen LogP contribution in [0, 0.1) is 0 Å². The number of carbonyl (C=O) groups is 1. The van der Waals surface area contributed by atoms with E-state index in [4.69, 9.17) is 5.73 Å². The van der Waals surface area contributed by atoms with E-state index in [1.165, 1.54) is 4.88 Å². The van der Waals surface area contributed by atoms with Gasteiger partial charge in [0.2, 0.25) is 0 Å². The van der Waals surface area contributed by atoms with Crippen molar-refractivity contribution in [2.45, 2.75) is 37.6 Å². The van der Waals surface area contributed by atoms with Crippen LogP contribution in [-0.4, -0.2) is 21.9 Å². The van der Waals surface area contributed by atoms with Crippen LogP contribution in [0.15, 0.2) is 30.0 Å². The van der Waals surface area contributed by atoms with Gasteiger partial charge in [0.15, 0.2) is 0 Å². The van der Waals surface area contributed by atoms with E-state index in [9.17, 15) is 4.79 Å². The first kappa shape index (κ1) is 14.0. The van der Waals surface area contributed by atoms with E-state index in [2.05, 4.69) is 15.3 Å². The lowest BCUT2D eigenvalue weighted by atomic mass is 9.85. The number of carbonyl (C=O) groups excluding carboxylic acids is 1. The Labute approximate surface area is 127 Å². The number of rotatable bonds is 4. The summed E-state index contributed by atoms with van der Waals surface area (Å²) >= 11 is 1.74. The third-order valence-corrected chi connectivity index (χ3v) is 4.93. The number of hydrogen-bond acceptors (Lipinski definition) is 5. The smallest absolute Gasteiger partial charge is 0.252 e. The Morgan fingerprint density at radius 3 is 2.81 bits per heavy atom. The molecule has 110 valence electrons. The first-order chi connectivity index (χ1) is 10.2. The molecule has 3 rings (SSSR count). The molecule has 0 radical (unpaired) electrons. The first-order valence-corrected chi connectivity index (χ1v) is 8.01. The minimum Gasteiger partial charge on any atom is -0.367 e. The zero-order chi connectivity index (χ0) is 14.7. The highest BCUT2D eigenvalue weighted by Gasteiger charge is 2.24. The number of nitrogens with two attached hydrogens (primary N) is 1. The number of amides is 1. The second-order valence-corrected chi connectivity index (χ2v) is 6.28. The summed E-state index contributed by atoms with van der Waals surface area (Å²) in [7, 11) is 0. The van der Waals surface area contributed by atoms with Crippen LogP contribution < -0.4 is 11.1 Å². The van der Waals surface area contributed by atoms with E-state index in [0.29, 0.717) is 23.3 Å². The summed E-state index contributed by atoms with van der Waals surface area (Å²) in [4.78, 5) is 21.2. The van der Waals surface area contributed by atoms with Gasteiger partial charge in [-0.2, -0.15) is 0 Å². The zero-order valence-corrected chi connectivity index (χ0v) is 12.5. The minimum atomic E-state index is -0.441. The van der Waals surface area contributed by atoms with Crippen molar-refractivity contribution < 1.29 is 4.79 Å². The lowest BCUT2D eigenvalue weighted by Crippen LogP contribution is -2.27. The molecule has 3 N–H and O–H groups in total. The van der Waals surface area contributed by atoms with Crippen molar-refractivity contribution >= 4 is 23.1 Å². The van der Waals surface area contributed by atoms with Crippen molar-refractivity contribution in [2.24, 2.45) is 5.73 Å². The fourth-order valence-electron chi connectivity index (χ4n) is 2.86. The molecule has 0 unspecified atom stereocenters. The average molecular weight is 302 g/mol. The quantitative estimate of drug-likeness (QED) is 0.910. The third kappa shape index (κ3) is 3.21. The van der Waals surface area contributed by atoms with E-state index in [0.717, 1.165) is 25.7 Å². The van der Waals surface area contributed by atoms with Crippen LogP contribution in [0.1, 0.15) is 46.8 Å². The lowest BCUT2D eigenvalue weighted by molar-refractivity contribution is 0.100. The summed E-state index contributed by atoms with van der Waals surface area (Å²) < 4.78 is 0. The minimum absolute atomic E-state index is 0.349. The van der Waals surface area contributed by atoms with Crippen molar-refractivity contribution in [1.29, 1.82) is 0 Å². The van der Waals surface area contributed by atoms with Crippen LogP contribution in [0.25, 0.3) is 0 Å². The number of nitrogens with one attached hydrogen (secondary N) is 1. The molecule has 0 atom stereocenters. The molecule has 0 aliphatic heterocycles. The molecular formula is C15H18N4OS. The molecule has 0 bridgehead atoms. The normalized spacial score (nSPS) is 21.9. The molecule has 1 fully saturated rings. The highest BCUT2D eigenvalue weighted by molar-refractivity contribution is 7.09. The van der Waals surface area contributed by atoms with Gasteiger partial charge in [0, 0.05) is 23.3 Å². The van der Waals surface area contributed by atoms with Gasteiger partial charge >= 0.3 is 0 Å². The van der Waals surface area contributed by atoms with Crippen LogP contribution in [0.3, 0.4) is 0 Å². The van der Waals surface area contributed by atoms with Crippen molar-refractivity contribution in [3.8, 4) is 0 Å². The van der Waals surface area contributed by atoms with Crippen molar-refractivity contribution in [1.82, 2.24) is 9.97 Å². The Morgan fingerprint density at radius 1 is 1.33 bits per heavy atom. The van der Waals surface area contributed by atoms with E-state index < -0.39 is 5.91 Å². The molecule has 2 aromatic heterocycles. The fourth-order valence-corrected chi connectivity index (χ4v) is 3.66. The van der Waals surface area contributed by atoms with Gasteiger partial charge in [0.05, 0.1) is 11.1 Å². The molecule has 6 heteroatoms. The van der Waals surface area contributed by atoms with E-state index in [1.807, 2.05) is 11.7 Å². The van der Waals surface area contributed by atoms with Gasteiger partial charge in [-0.1, -0.05) is 0 Å². The van der Waals surface area contributed by atoms with Crippen LogP contribution >= 0.6 is 11.3 Å². The summed E-state index contributed by atoms with van der Waals surface area (Å²) in [5.41, 5.74) is 7.74. The monoisotopic (exact) mass is 302 g/mol. The molecule has 5 nitrogen and oxygen atoms in total. The number of nitrogens with zero attached hydrogens (tertiary/aromatic N) is 2. The van der Waals surface area contributed by atoms with Crippen molar-refractivity contribution in [3.63, 3.8) is 0 Å². The summed E-state index contributed by atoms with van der Waals surface area (Å²) in [5.74, 6) is 0.782. The number of thiazole rings is 1. The highest BCUT2D eigenvalue weighted by atomic mass is 32.1. The maximum absolute atomic E-state index is 11.4. The van der Waals surface area contributed by atoms with Crippen molar-refractivity contribution in [3.05, 3.63) is 40.5 Å². The van der Waals surface area contributed by atoms with Gasteiger partial charge in [-0.05, 0) is 43.7 Å². The second kappa shape index (κ2) is 6.22. The number of pyridine rings is 1. The predicted molar refractivity (Wildman–Crippen MR) is 83.5 cm³/mol. The second-order valence-electron chi connectivity index (χ2n) is 5.36. The van der Waals surface area contributed by atoms with Crippen molar-refractivity contribution in [2.75, 3.05) is 5.32 Å². The fraction of sp³-hybridized carbons (Fsp3) is 0.400. The number of primary amides is 1. The standard InChI is InChI=1S/C15H18N4OS/c16-14(20)12-2-1-7-18-15(12)19-11-5-3-10(4-6-11)13-8-17-9-21-13/h1-2,7-11H,3-6H2,(H2,16,20)(H,18,19). The van der Waals surface area contributed by atoms with Gasteiger partial charge in [-0.15, -0.1) is 11.3 Å². The Balaban J connectivity index is 1.62. The third-order valence-electron chi connectivity index (χ3n) is 3.99. The number of anilines is 1. The van der Waals surface area contributed by atoms with E-state index >= 15 is 0 Å². The topological polar surface area (TPSA) is 80.9 Å². The zero-order valence-electron chi connectivity index (χ0n) is 11.7. The van der Waals surface area contributed by atoms with Gasteiger partial charge in [-0.25, -0.2) is 4.98 Å². The molecule has 0 aromatic carbocycles. The molecule has 1 aliphatic carbocycles. The number of aromatic nitrogens is 2. The largest absolute Gasteiger partial charge is 0.367 e. The van der Waals surface area contributed by atoms with Gasteiger partial charge < -0.3 is 11.1 Å². The lowest BCUT2D eigenvalue weighted by Gasteiger charge is -2.29. The number of hydrogen-bond donors (Lipinski definition) is 2. The summed E-state index contributed by atoms with van der Waals surface area (Å²) in [5, 5.41) is 3.37. The Bertz CT molecular complexity index is 606. The van der Waals surface area contributed by atoms with Gasteiger partial charge in [0.1, 0.15) is 5.82 Å². The van der Waals surface area contributed by atoms with E-state index in [-0.39, 0.29) is 0 Å². The Hall–Kier alpha value is -1.95. The van der Waals surface area contributed by atoms with E-state index in [1.54, 1.807) is 29.7 Å². The summed E-state index contributed by atoms with van der Waals surface area (Å²) in [6.45, 7) is 0. The molecule has 21 heavy (non-hydrogen) atoms. The van der Waals surface area contributed by atoms with Crippen LogP contribution in [0.4, 0.5) is 5.82 Å². The molecule has 1 aliphatic rings. The molecule has 0 saturated heterocycles. The molecule has 2 aromatic rings. The van der Waals surface area contributed by atoms with Gasteiger partial charge in [-0.3, -0.25) is 9.78 Å². The van der Waals surface area contributed by atoms with Crippen LogP contribution in [0.5, 0.6) is 0 Å². The Kier molecular flexibility index (Phi) is 4.15. The predicted octanol–water partition coefficient (Wildman–Crippen LogP) is 2.78. The van der Waals surface area contributed by atoms with Crippen LogP contribution in [-0.2, 0) is 0 Å². The first-order valence-electron chi connectivity index (χ1n) is 7.14. The maximum Gasteiger partial charge on any atom is 0.252 e. The van der Waals surface area contributed by atoms with Crippen LogP contribution in [0.2, 0.25) is 0 Å².